The van der Waals surface area contributed by atoms with Crippen LogP contribution in [0.25, 0.3) is 0 Å². The standard InChI is InChI=1S/C18H29N5O2.ClH/c1-12-9-22(10-13(2)25-12)11-14-4-3-7-23(14)18(24)17-15-8-19-6-5-16(15)20-21-17;/h12-14,19H,3-11H2,1-2H3,(H,20,21);1H. The van der Waals surface area contributed by atoms with Gasteiger partial charge in [0.05, 0.1) is 12.2 Å². The summed E-state index contributed by atoms with van der Waals surface area (Å²) >= 11 is 0. The van der Waals surface area contributed by atoms with Crippen LogP contribution in [-0.4, -0.2) is 76.9 Å². The predicted octanol–water partition coefficient (Wildman–Crippen LogP) is 1.19. The van der Waals surface area contributed by atoms with Crippen molar-refractivity contribution < 1.29 is 9.53 Å². The minimum atomic E-state index is 0. The first-order valence-electron chi connectivity index (χ1n) is 9.57. The van der Waals surface area contributed by atoms with Gasteiger partial charge in [-0.15, -0.1) is 12.4 Å². The Bertz CT molecular complexity index is 627. The van der Waals surface area contributed by atoms with E-state index in [0.29, 0.717) is 5.69 Å². The summed E-state index contributed by atoms with van der Waals surface area (Å²) in [6, 6.07) is 0.286. The lowest BCUT2D eigenvalue weighted by molar-refractivity contribution is -0.0715. The Hall–Kier alpha value is -1.15. The minimum Gasteiger partial charge on any atom is -0.373 e. The fourth-order valence-corrected chi connectivity index (χ4v) is 4.56. The van der Waals surface area contributed by atoms with Crippen molar-refractivity contribution in [2.24, 2.45) is 0 Å². The summed E-state index contributed by atoms with van der Waals surface area (Å²) in [5.74, 6) is 0.0954. The van der Waals surface area contributed by atoms with Crippen molar-refractivity contribution in [3.63, 3.8) is 0 Å². The molecule has 0 aliphatic carbocycles. The maximum Gasteiger partial charge on any atom is 0.274 e. The van der Waals surface area contributed by atoms with Crippen LogP contribution >= 0.6 is 12.4 Å². The first-order chi connectivity index (χ1) is 12.1. The summed E-state index contributed by atoms with van der Waals surface area (Å²) in [5.41, 5.74) is 2.81. The number of carbonyl (C=O) groups excluding carboxylic acids is 1. The molecule has 146 valence electrons. The molecular weight excluding hydrogens is 354 g/mol. The number of halogens is 1. The third-order valence-electron chi connectivity index (χ3n) is 5.61. The van der Waals surface area contributed by atoms with Crippen molar-refractivity contribution in [1.82, 2.24) is 25.3 Å². The predicted molar refractivity (Wildman–Crippen MR) is 102 cm³/mol. The van der Waals surface area contributed by atoms with E-state index >= 15 is 0 Å². The van der Waals surface area contributed by atoms with Gasteiger partial charge in [0, 0.05) is 63.0 Å². The maximum atomic E-state index is 13.1. The lowest BCUT2D eigenvalue weighted by Gasteiger charge is -2.38. The summed E-state index contributed by atoms with van der Waals surface area (Å²) in [6.07, 6.45) is 3.60. The smallest absolute Gasteiger partial charge is 0.274 e. The number of carbonyl (C=O) groups is 1. The second-order valence-electron chi connectivity index (χ2n) is 7.73. The fraction of sp³-hybridized carbons (Fsp3) is 0.778. The Kier molecular flexibility index (Phi) is 6.22. The average Bonchev–Trinajstić information content (AvgIpc) is 3.20. The lowest BCUT2D eigenvalue weighted by Crippen LogP contribution is -2.51. The third-order valence-corrected chi connectivity index (χ3v) is 5.61. The van der Waals surface area contributed by atoms with Gasteiger partial charge in [-0.2, -0.15) is 5.10 Å². The molecule has 0 aromatic carbocycles. The largest absolute Gasteiger partial charge is 0.373 e. The van der Waals surface area contributed by atoms with Crippen LogP contribution in [0.3, 0.4) is 0 Å². The molecule has 0 radical (unpaired) electrons. The number of ether oxygens (including phenoxy) is 1. The molecule has 0 spiro atoms. The van der Waals surface area contributed by atoms with Crippen molar-refractivity contribution >= 4 is 18.3 Å². The normalized spacial score (nSPS) is 29.3. The molecule has 7 nitrogen and oxygen atoms in total. The number of H-pyrrole nitrogens is 1. The van der Waals surface area contributed by atoms with Gasteiger partial charge in [-0.05, 0) is 26.7 Å². The van der Waals surface area contributed by atoms with Crippen LogP contribution in [0.1, 0.15) is 48.4 Å². The second kappa shape index (κ2) is 8.25. The molecule has 2 fully saturated rings. The van der Waals surface area contributed by atoms with Gasteiger partial charge in [0.25, 0.3) is 5.91 Å². The molecule has 0 saturated carbocycles. The van der Waals surface area contributed by atoms with Crippen LogP contribution in [0.15, 0.2) is 0 Å². The highest BCUT2D eigenvalue weighted by atomic mass is 35.5. The van der Waals surface area contributed by atoms with Crippen LogP contribution in [0, 0.1) is 0 Å². The van der Waals surface area contributed by atoms with Gasteiger partial charge in [-0.3, -0.25) is 14.8 Å². The molecule has 26 heavy (non-hydrogen) atoms. The first kappa shape index (κ1) is 19.6. The number of morpholine rings is 1. The van der Waals surface area contributed by atoms with Crippen molar-refractivity contribution in [3.8, 4) is 0 Å². The Morgan fingerprint density at radius 2 is 2.08 bits per heavy atom. The van der Waals surface area contributed by atoms with Crippen LogP contribution in [0.5, 0.6) is 0 Å². The number of aromatic amines is 1. The van der Waals surface area contributed by atoms with Crippen molar-refractivity contribution in [1.29, 1.82) is 0 Å². The van der Waals surface area contributed by atoms with Crippen molar-refractivity contribution in [3.05, 3.63) is 17.0 Å². The highest BCUT2D eigenvalue weighted by Gasteiger charge is 2.35. The number of nitrogens with one attached hydrogen (secondary N) is 2. The number of hydrogen-bond donors (Lipinski definition) is 2. The van der Waals surface area contributed by atoms with E-state index in [0.717, 1.165) is 69.8 Å². The Morgan fingerprint density at radius 3 is 2.85 bits per heavy atom. The quantitative estimate of drug-likeness (QED) is 0.820. The van der Waals surface area contributed by atoms with E-state index in [-0.39, 0.29) is 36.6 Å². The van der Waals surface area contributed by atoms with Gasteiger partial charge < -0.3 is 15.0 Å². The van der Waals surface area contributed by atoms with Gasteiger partial charge in [-0.1, -0.05) is 0 Å². The topological polar surface area (TPSA) is 73.5 Å². The SMILES string of the molecule is CC1CN(CC2CCCN2C(=O)c2n[nH]c3c2CNCC3)CC(C)O1.Cl. The van der Waals surface area contributed by atoms with Gasteiger partial charge in [0.1, 0.15) is 0 Å². The number of hydrogen-bond acceptors (Lipinski definition) is 5. The summed E-state index contributed by atoms with van der Waals surface area (Å²) in [5, 5.41) is 10.8. The maximum absolute atomic E-state index is 13.1. The molecule has 8 heteroatoms. The van der Waals surface area contributed by atoms with Crippen molar-refractivity contribution in [2.45, 2.75) is 57.9 Å². The Labute approximate surface area is 161 Å². The molecule has 0 bridgehead atoms. The van der Waals surface area contributed by atoms with E-state index in [4.69, 9.17) is 4.74 Å². The molecular formula is C18H30ClN5O2. The molecule has 3 unspecified atom stereocenters. The highest BCUT2D eigenvalue weighted by Crippen LogP contribution is 2.24. The number of likely N-dealkylation sites (tertiary alicyclic amines) is 1. The fourth-order valence-electron chi connectivity index (χ4n) is 4.56. The number of aromatic nitrogens is 2. The van der Waals surface area contributed by atoms with Crippen molar-refractivity contribution in [2.75, 3.05) is 32.7 Å². The molecule has 3 aliphatic rings. The zero-order valence-corrected chi connectivity index (χ0v) is 16.5. The molecule has 1 aromatic heterocycles. The second-order valence-corrected chi connectivity index (χ2v) is 7.73. The molecule has 3 atom stereocenters. The lowest BCUT2D eigenvalue weighted by atomic mass is 10.1. The highest BCUT2D eigenvalue weighted by molar-refractivity contribution is 5.94. The average molecular weight is 384 g/mol. The van der Waals surface area contributed by atoms with Gasteiger partial charge in [0.2, 0.25) is 0 Å². The minimum absolute atomic E-state index is 0. The Morgan fingerprint density at radius 1 is 1.31 bits per heavy atom. The monoisotopic (exact) mass is 383 g/mol. The van der Waals surface area contributed by atoms with E-state index in [2.05, 4.69) is 39.2 Å². The summed E-state index contributed by atoms with van der Waals surface area (Å²) in [7, 11) is 0. The number of rotatable bonds is 3. The van der Waals surface area contributed by atoms with Gasteiger partial charge in [0.15, 0.2) is 5.69 Å². The van der Waals surface area contributed by atoms with E-state index in [9.17, 15) is 4.79 Å². The number of amides is 1. The van der Waals surface area contributed by atoms with Crippen LogP contribution in [0.2, 0.25) is 0 Å². The summed E-state index contributed by atoms with van der Waals surface area (Å²) in [4.78, 5) is 17.6. The van der Waals surface area contributed by atoms with E-state index < -0.39 is 0 Å². The molecule has 1 amide bonds. The van der Waals surface area contributed by atoms with E-state index in [1.807, 2.05) is 0 Å². The van der Waals surface area contributed by atoms with E-state index in [1.165, 1.54) is 0 Å². The third kappa shape index (κ3) is 3.91. The summed E-state index contributed by atoms with van der Waals surface area (Å²) in [6.45, 7) is 9.62. The molecule has 1 aromatic rings. The summed E-state index contributed by atoms with van der Waals surface area (Å²) < 4.78 is 5.83. The first-order valence-corrected chi connectivity index (χ1v) is 9.57. The van der Waals surface area contributed by atoms with Gasteiger partial charge >= 0.3 is 0 Å². The molecule has 4 heterocycles. The zero-order valence-electron chi connectivity index (χ0n) is 15.7. The molecule has 3 aliphatic heterocycles. The van der Waals surface area contributed by atoms with Crippen LogP contribution in [-0.2, 0) is 17.7 Å². The number of nitrogens with zero attached hydrogens (tertiary/aromatic N) is 3. The molecule has 4 rings (SSSR count). The van der Waals surface area contributed by atoms with Crippen LogP contribution in [0.4, 0.5) is 0 Å². The van der Waals surface area contributed by atoms with E-state index in [1.54, 1.807) is 0 Å². The number of fused-ring (bicyclic) bond motifs is 1. The van der Waals surface area contributed by atoms with Gasteiger partial charge in [-0.25, -0.2) is 0 Å². The molecule has 2 saturated heterocycles. The molecule has 2 N–H and O–H groups in total. The Balaban J connectivity index is 0.00000196. The zero-order chi connectivity index (χ0) is 17.4. The van der Waals surface area contributed by atoms with Crippen LogP contribution < -0.4 is 5.32 Å².